The van der Waals surface area contributed by atoms with Gasteiger partial charge in [0.1, 0.15) is 0 Å². The summed E-state index contributed by atoms with van der Waals surface area (Å²) in [5.41, 5.74) is 1.48. The van der Waals surface area contributed by atoms with Crippen molar-refractivity contribution in [1.82, 2.24) is 14.2 Å². The van der Waals surface area contributed by atoms with E-state index in [1.807, 2.05) is 23.1 Å². The lowest BCUT2D eigenvalue weighted by Gasteiger charge is -2.31. The first-order chi connectivity index (χ1) is 15.0. The van der Waals surface area contributed by atoms with Gasteiger partial charge in [0.2, 0.25) is 10.0 Å². The lowest BCUT2D eigenvalue weighted by molar-refractivity contribution is 0.0712. The maximum Gasteiger partial charge on any atom is 0.253 e. The van der Waals surface area contributed by atoms with Gasteiger partial charge in [-0.2, -0.15) is 4.31 Å². The second-order valence-electron chi connectivity index (χ2n) is 8.23. The van der Waals surface area contributed by atoms with Crippen LogP contribution in [0, 0.1) is 0 Å². The number of hydrogen-bond donors (Lipinski definition) is 0. The minimum atomic E-state index is -3.53. The van der Waals surface area contributed by atoms with E-state index in [9.17, 15) is 13.2 Å². The summed E-state index contributed by atoms with van der Waals surface area (Å²) < 4.78 is 28.4. The Morgan fingerprint density at radius 1 is 0.968 bits per heavy atom. The maximum absolute atomic E-state index is 13.1. The summed E-state index contributed by atoms with van der Waals surface area (Å²) in [5, 5.41) is 1.15. The molecular formula is C23H25N3O3S2. The van der Waals surface area contributed by atoms with Crippen molar-refractivity contribution >= 4 is 37.5 Å². The molecule has 0 bridgehead atoms. The van der Waals surface area contributed by atoms with Gasteiger partial charge in [0.15, 0.2) is 0 Å². The Morgan fingerprint density at radius 2 is 1.71 bits per heavy atom. The molecule has 31 heavy (non-hydrogen) atoms. The summed E-state index contributed by atoms with van der Waals surface area (Å²) in [6, 6.07) is 14.7. The number of piperidine rings is 1. The monoisotopic (exact) mass is 455 g/mol. The highest BCUT2D eigenvalue weighted by atomic mass is 32.2. The summed E-state index contributed by atoms with van der Waals surface area (Å²) >= 11 is 1.74. The lowest BCUT2D eigenvalue weighted by atomic mass is 9.97. The number of sulfonamides is 1. The molecule has 8 heteroatoms. The van der Waals surface area contributed by atoms with Crippen LogP contribution in [0.1, 0.15) is 47.0 Å². The van der Waals surface area contributed by atoms with E-state index in [1.165, 1.54) is 15.1 Å². The number of carbonyl (C=O) groups is 1. The quantitative estimate of drug-likeness (QED) is 0.594. The molecule has 0 spiro atoms. The molecule has 5 rings (SSSR count). The number of nitrogens with zero attached hydrogens (tertiary/aromatic N) is 3. The van der Waals surface area contributed by atoms with Crippen molar-refractivity contribution in [3.63, 3.8) is 0 Å². The van der Waals surface area contributed by atoms with Crippen molar-refractivity contribution in [1.29, 1.82) is 0 Å². The molecule has 6 nitrogen and oxygen atoms in total. The van der Waals surface area contributed by atoms with Crippen molar-refractivity contribution in [3.05, 3.63) is 59.1 Å². The number of amides is 1. The van der Waals surface area contributed by atoms with Crippen LogP contribution in [-0.4, -0.2) is 54.7 Å². The second kappa shape index (κ2) is 8.33. The molecule has 0 radical (unpaired) electrons. The van der Waals surface area contributed by atoms with Gasteiger partial charge in [0.25, 0.3) is 5.91 Å². The number of hydrogen-bond acceptors (Lipinski definition) is 5. The predicted molar refractivity (Wildman–Crippen MR) is 122 cm³/mol. The Balaban J connectivity index is 1.28. The number of rotatable bonds is 4. The number of aromatic nitrogens is 1. The summed E-state index contributed by atoms with van der Waals surface area (Å²) in [7, 11) is -3.53. The highest BCUT2D eigenvalue weighted by molar-refractivity contribution is 7.89. The Morgan fingerprint density at radius 3 is 2.45 bits per heavy atom. The predicted octanol–water partition coefficient (Wildman–Crippen LogP) is 4.10. The Bertz CT molecular complexity index is 1170. The molecule has 0 unspecified atom stereocenters. The van der Waals surface area contributed by atoms with E-state index in [1.54, 1.807) is 29.5 Å². The average molecular weight is 456 g/mol. The number of para-hydroxylation sites is 1. The molecule has 0 atom stereocenters. The van der Waals surface area contributed by atoms with Gasteiger partial charge in [-0.3, -0.25) is 4.79 Å². The van der Waals surface area contributed by atoms with Crippen LogP contribution in [-0.2, 0) is 10.0 Å². The molecule has 3 heterocycles. The van der Waals surface area contributed by atoms with Crippen LogP contribution >= 0.6 is 11.3 Å². The highest BCUT2D eigenvalue weighted by Gasteiger charge is 2.30. The highest BCUT2D eigenvalue weighted by Crippen LogP contribution is 2.34. The molecule has 3 aromatic rings. The molecule has 0 saturated carbocycles. The maximum atomic E-state index is 13.1. The Labute approximate surface area is 186 Å². The lowest BCUT2D eigenvalue weighted by Crippen LogP contribution is -2.38. The number of thiazole rings is 1. The van der Waals surface area contributed by atoms with Crippen LogP contribution in [0.15, 0.2) is 53.4 Å². The average Bonchev–Trinajstić information content (AvgIpc) is 3.49. The molecular weight excluding hydrogens is 430 g/mol. The first kappa shape index (κ1) is 20.6. The second-order valence-corrected chi connectivity index (χ2v) is 11.2. The fourth-order valence-electron chi connectivity index (χ4n) is 4.44. The van der Waals surface area contributed by atoms with Crippen LogP contribution in [0.25, 0.3) is 10.2 Å². The van der Waals surface area contributed by atoms with E-state index in [0.717, 1.165) is 36.2 Å². The molecule has 0 N–H and O–H groups in total. The Kier molecular flexibility index (Phi) is 5.54. The first-order valence-corrected chi connectivity index (χ1v) is 13.0. The first-order valence-electron chi connectivity index (χ1n) is 10.8. The van der Waals surface area contributed by atoms with Gasteiger partial charge < -0.3 is 4.90 Å². The van der Waals surface area contributed by atoms with Crippen molar-refractivity contribution in [2.45, 2.75) is 36.5 Å². The SMILES string of the molecule is O=C(c1cccc(S(=O)(=O)N2CCCC2)c1)N1CCC(c2nc3ccccc3s2)CC1. The molecule has 1 amide bonds. The topological polar surface area (TPSA) is 70.6 Å². The van der Waals surface area contributed by atoms with Gasteiger partial charge in [-0.25, -0.2) is 13.4 Å². The van der Waals surface area contributed by atoms with Crippen molar-refractivity contribution in [2.24, 2.45) is 0 Å². The van der Waals surface area contributed by atoms with Gasteiger partial charge in [0.05, 0.1) is 20.1 Å². The molecule has 2 aliphatic heterocycles. The minimum Gasteiger partial charge on any atom is -0.339 e. The van der Waals surface area contributed by atoms with Crippen LogP contribution in [0.5, 0.6) is 0 Å². The van der Waals surface area contributed by atoms with Crippen LogP contribution in [0.4, 0.5) is 0 Å². The van der Waals surface area contributed by atoms with E-state index in [4.69, 9.17) is 4.98 Å². The van der Waals surface area contributed by atoms with Gasteiger partial charge in [-0.15, -0.1) is 11.3 Å². The largest absolute Gasteiger partial charge is 0.339 e. The normalized spacial score (nSPS) is 18.6. The van der Waals surface area contributed by atoms with E-state index < -0.39 is 10.0 Å². The van der Waals surface area contributed by atoms with Gasteiger partial charge in [0, 0.05) is 37.7 Å². The van der Waals surface area contributed by atoms with Gasteiger partial charge in [-0.05, 0) is 56.0 Å². The van der Waals surface area contributed by atoms with E-state index >= 15 is 0 Å². The number of likely N-dealkylation sites (tertiary alicyclic amines) is 1. The number of carbonyl (C=O) groups excluding carboxylic acids is 1. The van der Waals surface area contributed by atoms with Crippen LogP contribution in [0.3, 0.4) is 0 Å². The summed E-state index contributed by atoms with van der Waals surface area (Å²) in [5.74, 6) is 0.268. The zero-order valence-electron chi connectivity index (χ0n) is 17.2. The standard InChI is InChI=1S/C23H25N3O3S2/c27-23(18-6-5-7-19(16-18)31(28,29)26-12-3-4-13-26)25-14-10-17(11-15-25)22-24-20-8-1-2-9-21(20)30-22/h1-2,5-9,16-17H,3-4,10-15H2. The molecule has 0 aliphatic carbocycles. The van der Waals surface area contributed by atoms with Gasteiger partial charge >= 0.3 is 0 Å². The molecule has 162 valence electrons. The van der Waals surface area contributed by atoms with E-state index in [-0.39, 0.29) is 10.8 Å². The third-order valence-corrected chi connectivity index (χ3v) is 9.32. The third-order valence-electron chi connectivity index (χ3n) is 6.23. The van der Waals surface area contributed by atoms with E-state index in [0.29, 0.717) is 37.7 Å². The summed E-state index contributed by atoms with van der Waals surface area (Å²) in [6.45, 7) is 2.42. The van der Waals surface area contributed by atoms with Crippen molar-refractivity contribution in [3.8, 4) is 0 Å². The molecule has 1 aromatic heterocycles. The minimum absolute atomic E-state index is 0.0961. The summed E-state index contributed by atoms with van der Waals surface area (Å²) in [6.07, 6.45) is 3.53. The molecule has 2 aliphatic rings. The van der Waals surface area contributed by atoms with Crippen LogP contribution < -0.4 is 0 Å². The summed E-state index contributed by atoms with van der Waals surface area (Å²) in [4.78, 5) is 19.9. The zero-order valence-corrected chi connectivity index (χ0v) is 18.9. The molecule has 2 aromatic carbocycles. The van der Waals surface area contributed by atoms with Gasteiger partial charge in [-0.1, -0.05) is 18.2 Å². The number of benzene rings is 2. The van der Waals surface area contributed by atoms with Crippen molar-refractivity contribution < 1.29 is 13.2 Å². The van der Waals surface area contributed by atoms with Crippen LogP contribution in [0.2, 0.25) is 0 Å². The molecule has 2 fully saturated rings. The fourth-order valence-corrected chi connectivity index (χ4v) is 7.14. The smallest absolute Gasteiger partial charge is 0.253 e. The molecule has 2 saturated heterocycles. The zero-order chi connectivity index (χ0) is 21.4. The fraction of sp³-hybridized carbons (Fsp3) is 0.391. The number of fused-ring (bicyclic) bond motifs is 1. The Hall–Kier alpha value is -2.29. The van der Waals surface area contributed by atoms with E-state index in [2.05, 4.69) is 6.07 Å². The van der Waals surface area contributed by atoms with Crippen molar-refractivity contribution in [2.75, 3.05) is 26.2 Å². The third kappa shape index (κ3) is 4.00.